The Morgan fingerprint density at radius 2 is 1.83 bits per heavy atom. The zero-order valence-corrected chi connectivity index (χ0v) is 19.1. The highest BCUT2D eigenvalue weighted by Crippen LogP contribution is 2.36. The molecule has 0 radical (unpaired) electrons. The first-order valence-electron chi connectivity index (χ1n) is 11.0. The molecule has 35 heavy (non-hydrogen) atoms. The Labute approximate surface area is 198 Å². The Kier molecular flexibility index (Phi) is 7.66. The second-order valence-corrected chi connectivity index (χ2v) is 8.71. The van der Waals surface area contributed by atoms with Gasteiger partial charge in [0.05, 0.1) is 12.2 Å². The summed E-state index contributed by atoms with van der Waals surface area (Å²) >= 11 is 0. The Hall–Kier alpha value is -3.64. The molecular formula is C22H25F3N4O6. The molecule has 1 aliphatic heterocycles. The number of carbonyl (C=O) groups excluding carboxylic acids is 5. The summed E-state index contributed by atoms with van der Waals surface area (Å²) in [6.45, 7) is 1.89. The smallest absolute Gasteiger partial charge is 0.327 e. The molecule has 0 bridgehead atoms. The minimum atomic E-state index is -1.76. The number of benzene rings is 1. The minimum absolute atomic E-state index is 0.432. The fraction of sp³-hybridized carbons (Fsp3) is 0.500. The summed E-state index contributed by atoms with van der Waals surface area (Å²) in [6, 6.07) is 0.724. The van der Waals surface area contributed by atoms with Crippen LogP contribution in [0.5, 0.6) is 0 Å². The van der Waals surface area contributed by atoms with Crippen molar-refractivity contribution in [1.29, 1.82) is 0 Å². The number of esters is 1. The molecule has 1 saturated heterocycles. The van der Waals surface area contributed by atoms with Crippen molar-refractivity contribution in [3.63, 3.8) is 0 Å². The molecule has 3 N–H and O–H groups in total. The molecule has 1 aliphatic carbocycles. The summed E-state index contributed by atoms with van der Waals surface area (Å²) in [4.78, 5) is 62.1. The van der Waals surface area contributed by atoms with Gasteiger partial charge in [0.1, 0.15) is 12.1 Å². The van der Waals surface area contributed by atoms with Crippen molar-refractivity contribution >= 4 is 35.4 Å². The number of rotatable bonds is 7. The highest BCUT2D eigenvalue weighted by Gasteiger charge is 2.52. The lowest BCUT2D eigenvalue weighted by atomic mass is 9.77. The van der Waals surface area contributed by atoms with Gasteiger partial charge >= 0.3 is 12.0 Å². The number of halogens is 3. The number of anilines is 1. The van der Waals surface area contributed by atoms with Crippen LogP contribution >= 0.6 is 0 Å². The second-order valence-electron chi connectivity index (χ2n) is 8.71. The Morgan fingerprint density at radius 3 is 2.49 bits per heavy atom. The molecule has 0 aromatic heterocycles. The van der Waals surface area contributed by atoms with Gasteiger partial charge in [-0.3, -0.25) is 24.1 Å². The molecule has 1 aromatic rings. The predicted molar refractivity (Wildman–Crippen MR) is 114 cm³/mol. The van der Waals surface area contributed by atoms with E-state index >= 15 is 0 Å². The first kappa shape index (κ1) is 26.0. The summed E-state index contributed by atoms with van der Waals surface area (Å²) in [5.74, 6) is -7.72. The van der Waals surface area contributed by atoms with Crippen LogP contribution in [0.3, 0.4) is 0 Å². The number of ether oxygens (including phenoxy) is 1. The van der Waals surface area contributed by atoms with E-state index in [1.165, 1.54) is 6.92 Å². The van der Waals surface area contributed by atoms with E-state index in [0.29, 0.717) is 24.8 Å². The van der Waals surface area contributed by atoms with E-state index in [1.54, 1.807) is 0 Å². The topological polar surface area (TPSA) is 134 Å². The average Bonchev–Trinajstić information content (AvgIpc) is 3.03. The first-order valence-corrected chi connectivity index (χ1v) is 11.0. The fourth-order valence-electron chi connectivity index (χ4n) is 3.96. The van der Waals surface area contributed by atoms with Crippen molar-refractivity contribution in [2.24, 2.45) is 5.92 Å². The molecule has 1 saturated carbocycles. The van der Waals surface area contributed by atoms with Crippen molar-refractivity contribution in [1.82, 2.24) is 15.5 Å². The maximum atomic E-state index is 13.6. The lowest BCUT2D eigenvalue weighted by molar-refractivity contribution is -0.156. The van der Waals surface area contributed by atoms with Crippen LogP contribution in [0.25, 0.3) is 0 Å². The number of carbonyl (C=O) groups is 5. The van der Waals surface area contributed by atoms with E-state index in [9.17, 15) is 37.1 Å². The summed E-state index contributed by atoms with van der Waals surface area (Å²) < 4.78 is 44.8. The molecule has 2 aliphatic rings. The maximum Gasteiger partial charge on any atom is 0.327 e. The number of nitrogens with one attached hydrogen (secondary N) is 3. The van der Waals surface area contributed by atoms with Crippen molar-refractivity contribution in [2.75, 3.05) is 18.4 Å². The van der Waals surface area contributed by atoms with Gasteiger partial charge in [-0.2, -0.15) is 0 Å². The van der Waals surface area contributed by atoms with Crippen LogP contribution < -0.4 is 16.0 Å². The van der Waals surface area contributed by atoms with Crippen molar-refractivity contribution < 1.29 is 41.9 Å². The quantitative estimate of drug-likeness (QED) is 0.297. The maximum absolute atomic E-state index is 13.6. The van der Waals surface area contributed by atoms with E-state index in [2.05, 4.69) is 17.6 Å². The standard InChI is InChI=1S/C22H25F3N4O6/c1-11-5-7-22(8-6-11)20(33)29(21(34)28-22)10-16(31)35-12(2)19(32)26-9-15(30)27-14-4-3-13(23)17(24)18(14)25/h3-4,11-12H,5-10H2,1-2H3,(H,26,32)(H,27,30)(H,28,34). The van der Waals surface area contributed by atoms with Crippen LogP contribution in [-0.4, -0.2) is 59.4 Å². The molecule has 190 valence electrons. The number of hydrogen-bond acceptors (Lipinski definition) is 6. The largest absolute Gasteiger partial charge is 0.451 e. The third-order valence-electron chi connectivity index (χ3n) is 6.07. The molecule has 1 aromatic carbocycles. The summed E-state index contributed by atoms with van der Waals surface area (Å²) in [5.41, 5.74) is -1.64. The Bertz CT molecular complexity index is 1060. The van der Waals surface area contributed by atoms with Crippen LogP contribution in [0.2, 0.25) is 0 Å². The van der Waals surface area contributed by atoms with Gasteiger partial charge in [0.2, 0.25) is 5.91 Å². The Balaban J connectivity index is 1.46. The second kappa shape index (κ2) is 10.3. The molecule has 13 heteroatoms. The normalized spacial score (nSPS) is 22.5. The summed E-state index contributed by atoms with van der Waals surface area (Å²) in [7, 11) is 0. The number of amides is 5. The Morgan fingerprint density at radius 1 is 1.17 bits per heavy atom. The van der Waals surface area contributed by atoms with E-state index in [-0.39, 0.29) is 0 Å². The number of urea groups is 1. The third kappa shape index (κ3) is 5.72. The molecule has 1 spiro atoms. The number of imide groups is 1. The molecule has 1 heterocycles. The van der Waals surface area contributed by atoms with Gasteiger partial charge in [-0.05, 0) is 50.7 Å². The first-order chi connectivity index (χ1) is 16.4. The molecule has 2 fully saturated rings. The molecule has 1 unspecified atom stereocenters. The van der Waals surface area contributed by atoms with E-state index < -0.39 is 77.6 Å². The van der Waals surface area contributed by atoms with Gasteiger partial charge < -0.3 is 20.7 Å². The number of nitrogens with zero attached hydrogens (tertiary/aromatic N) is 1. The van der Waals surface area contributed by atoms with Gasteiger partial charge in [-0.15, -0.1) is 0 Å². The monoisotopic (exact) mass is 498 g/mol. The number of hydrogen-bond donors (Lipinski definition) is 3. The SMILES string of the molecule is CC1CCC2(CC1)NC(=O)N(CC(=O)OC(C)C(=O)NCC(=O)Nc1ccc(F)c(F)c1F)C2=O. The highest BCUT2D eigenvalue weighted by atomic mass is 19.2. The minimum Gasteiger partial charge on any atom is -0.451 e. The van der Waals surface area contributed by atoms with E-state index in [4.69, 9.17) is 4.74 Å². The molecule has 1 atom stereocenters. The predicted octanol–water partition coefficient (Wildman–Crippen LogP) is 1.59. The van der Waals surface area contributed by atoms with Crippen LogP contribution in [0.15, 0.2) is 12.1 Å². The van der Waals surface area contributed by atoms with Gasteiger partial charge in [0.15, 0.2) is 23.6 Å². The van der Waals surface area contributed by atoms with Crippen molar-refractivity contribution in [2.45, 2.75) is 51.2 Å². The zero-order valence-electron chi connectivity index (χ0n) is 19.1. The van der Waals surface area contributed by atoms with E-state index in [0.717, 1.165) is 23.8 Å². The average molecular weight is 498 g/mol. The van der Waals surface area contributed by atoms with Gasteiger partial charge in [0.25, 0.3) is 11.8 Å². The lowest BCUT2D eigenvalue weighted by Gasteiger charge is -2.33. The zero-order chi connectivity index (χ0) is 25.9. The summed E-state index contributed by atoms with van der Waals surface area (Å²) in [5, 5.41) is 6.78. The van der Waals surface area contributed by atoms with Gasteiger partial charge in [-0.25, -0.2) is 18.0 Å². The van der Waals surface area contributed by atoms with Crippen LogP contribution in [0, 0.1) is 23.4 Å². The van der Waals surface area contributed by atoms with Crippen LogP contribution in [0.4, 0.5) is 23.7 Å². The van der Waals surface area contributed by atoms with Crippen molar-refractivity contribution in [3.05, 3.63) is 29.6 Å². The van der Waals surface area contributed by atoms with Crippen LogP contribution in [0.1, 0.15) is 39.5 Å². The molecular weight excluding hydrogens is 473 g/mol. The molecule has 3 rings (SSSR count). The van der Waals surface area contributed by atoms with Gasteiger partial charge in [-0.1, -0.05) is 6.92 Å². The van der Waals surface area contributed by atoms with Crippen LogP contribution in [-0.2, 0) is 23.9 Å². The fourth-order valence-corrected chi connectivity index (χ4v) is 3.96. The molecule has 10 nitrogen and oxygen atoms in total. The summed E-state index contributed by atoms with van der Waals surface area (Å²) in [6.07, 6.45) is 1.08. The highest BCUT2D eigenvalue weighted by molar-refractivity contribution is 6.08. The molecule has 5 amide bonds. The van der Waals surface area contributed by atoms with E-state index in [1.807, 2.05) is 5.32 Å². The lowest BCUT2D eigenvalue weighted by Crippen LogP contribution is -2.49. The van der Waals surface area contributed by atoms with Gasteiger partial charge in [0, 0.05) is 0 Å². The third-order valence-corrected chi connectivity index (χ3v) is 6.07. The van der Waals surface area contributed by atoms with Crippen molar-refractivity contribution in [3.8, 4) is 0 Å².